The number of halogens is 3. The van der Waals surface area contributed by atoms with Crippen LogP contribution in [0.2, 0.25) is 0 Å². The zero-order valence-electron chi connectivity index (χ0n) is 16.6. The van der Waals surface area contributed by atoms with Gasteiger partial charge in [-0.2, -0.15) is 13.2 Å². The number of fused-ring (bicyclic) bond motifs is 1. The number of rotatable bonds is 5. The highest BCUT2D eigenvalue weighted by molar-refractivity contribution is 5.95. The van der Waals surface area contributed by atoms with Gasteiger partial charge in [-0.15, -0.1) is 0 Å². The fourth-order valence-electron chi connectivity index (χ4n) is 3.67. The summed E-state index contributed by atoms with van der Waals surface area (Å²) in [5.41, 5.74) is 0.0147. The number of carbonyl (C=O) groups excluding carboxylic acids is 1. The lowest BCUT2D eigenvalue weighted by Gasteiger charge is -2.47. The molecule has 0 aliphatic carbocycles. The molecule has 2 atom stereocenters. The van der Waals surface area contributed by atoms with E-state index in [0.29, 0.717) is 41.0 Å². The van der Waals surface area contributed by atoms with Crippen LogP contribution in [0.4, 0.5) is 13.2 Å². The Hall–Kier alpha value is -3.20. The largest absolute Gasteiger partial charge is 0.439 e. The number of alkyl halides is 3. The molecule has 1 fully saturated rings. The Morgan fingerprint density at radius 3 is 2.68 bits per heavy atom. The van der Waals surface area contributed by atoms with Crippen LogP contribution in [0.1, 0.15) is 29.4 Å². The maximum absolute atomic E-state index is 12.7. The van der Waals surface area contributed by atoms with Gasteiger partial charge in [0.05, 0.1) is 23.7 Å². The first-order valence-electron chi connectivity index (χ1n) is 9.84. The molecule has 2 aromatic heterocycles. The Morgan fingerprint density at radius 1 is 1.23 bits per heavy atom. The predicted molar refractivity (Wildman–Crippen MR) is 107 cm³/mol. The van der Waals surface area contributed by atoms with Crippen molar-refractivity contribution in [2.45, 2.75) is 25.6 Å². The van der Waals surface area contributed by atoms with Gasteiger partial charge in [0.2, 0.25) is 5.88 Å². The van der Waals surface area contributed by atoms with Gasteiger partial charge in [0.25, 0.3) is 5.91 Å². The number of nitrogens with zero attached hydrogens (tertiary/aromatic N) is 3. The summed E-state index contributed by atoms with van der Waals surface area (Å²) >= 11 is 0. The first kappa shape index (κ1) is 21.0. The number of aromatic nitrogens is 2. The summed E-state index contributed by atoms with van der Waals surface area (Å²) in [6.45, 7) is 2.56. The Morgan fingerprint density at radius 2 is 2.03 bits per heavy atom. The number of benzene rings is 1. The molecule has 31 heavy (non-hydrogen) atoms. The standard InChI is InChI=1S/C22H20F3N3O3/c1-2-13-11-28(19(13)12-29)21(30)18-6-3-14-9-16(5-7-17(14)27-18)31-20-8-4-15(10-26-20)22(23,24)25/h3-10,13,19,29H,2,11-12H2,1H3/t13-,19+/m1/s1. The van der Waals surface area contributed by atoms with E-state index < -0.39 is 11.7 Å². The van der Waals surface area contributed by atoms with Crippen LogP contribution >= 0.6 is 0 Å². The summed E-state index contributed by atoms with van der Waals surface area (Å²) in [7, 11) is 0. The highest BCUT2D eigenvalue weighted by atomic mass is 19.4. The molecule has 1 amide bonds. The lowest BCUT2D eigenvalue weighted by atomic mass is 9.86. The Kier molecular flexibility index (Phi) is 5.53. The molecule has 0 unspecified atom stereocenters. The monoisotopic (exact) mass is 431 g/mol. The van der Waals surface area contributed by atoms with Crippen molar-refractivity contribution >= 4 is 16.8 Å². The van der Waals surface area contributed by atoms with Crippen molar-refractivity contribution in [3.8, 4) is 11.6 Å². The van der Waals surface area contributed by atoms with Crippen molar-refractivity contribution < 1.29 is 27.8 Å². The van der Waals surface area contributed by atoms with Gasteiger partial charge in [-0.1, -0.05) is 13.0 Å². The SMILES string of the molecule is CC[C@@H]1CN(C(=O)c2ccc3cc(Oc4ccc(C(F)(F)F)cn4)ccc3n2)[C@H]1CO. The van der Waals surface area contributed by atoms with Crippen LogP contribution in [0.15, 0.2) is 48.7 Å². The van der Waals surface area contributed by atoms with Crippen LogP contribution in [0, 0.1) is 5.92 Å². The van der Waals surface area contributed by atoms with Crippen molar-refractivity contribution in [2.75, 3.05) is 13.2 Å². The minimum Gasteiger partial charge on any atom is -0.439 e. The number of ether oxygens (including phenoxy) is 1. The van der Waals surface area contributed by atoms with Gasteiger partial charge in [-0.25, -0.2) is 9.97 Å². The number of hydrogen-bond donors (Lipinski definition) is 1. The second-order valence-electron chi connectivity index (χ2n) is 7.41. The lowest BCUT2D eigenvalue weighted by molar-refractivity contribution is -0.137. The first-order chi connectivity index (χ1) is 14.8. The van der Waals surface area contributed by atoms with E-state index in [1.807, 2.05) is 6.92 Å². The molecular formula is C22H20F3N3O3. The third-order valence-electron chi connectivity index (χ3n) is 5.51. The van der Waals surface area contributed by atoms with Crippen molar-refractivity contribution in [3.05, 3.63) is 59.9 Å². The van der Waals surface area contributed by atoms with Crippen LogP contribution < -0.4 is 4.74 Å². The highest BCUT2D eigenvalue weighted by Gasteiger charge is 2.40. The van der Waals surface area contributed by atoms with Gasteiger partial charge in [0.1, 0.15) is 11.4 Å². The maximum Gasteiger partial charge on any atom is 0.417 e. The van der Waals surface area contributed by atoms with Crippen LogP contribution in [0.5, 0.6) is 11.6 Å². The zero-order valence-corrected chi connectivity index (χ0v) is 16.6. The van der Waals surface area contributed by atoms with E-state index >= 15 is 0 Å². The molecule has 1 N–H and O–H groups in total. The minimum atomic E-state index is -4.46. The Labute approximate surface area is 176 Å². The second-order valence-corrected chi connectivity index (χ2v) is 7.41. The molecule has 162 valence electrons. The van der Waals surface area contributed by atoms with Crippen molar-refractivity contribution in [2.24, 2.45) is 5.92 Å². The lowest BCUT2D eigenvalue weighted by Crippen LogP contribution is -2.60. The van der Waals surface area contributed by atoms with E-state index in [2.05, 4.69) is 9.97 Å². The number of carbonyl (C=O) groups is 1. The van der Waals surface area contributed by atoms with Crippen LogP contribution in [-0.4, -0.2) is 45.1 Å². The summed E-state index contributed by atoms with van der Waals surface area (Å²) in [5.74, 6) is 0.493. The third kappa shape index (κ3) is 4.18. The molecule has 9 heteroatoms. The topological polar surface area (TPSA) is 75.6 Å². The Balaban J connectivity index is 1.50. The molecule has 3 aromatic rings. The molecule has 1 aliphatic heterocycles. The maximum atomic E-state index is 12.7. The summed E-state index contributed by atoms with van der Waals surface area (Å²) in [6, 6.07) is 10.2. The van der Waals surface area contributed by atoms with Crippen molar-refractivity contribution in [3.63, 3.8) is 0 Å². The van der Waals surface area contributed by atoms with E-state index in [4.69, 9.17) is 4.74 Å². The van der Waals surface area contributed by atoms with E-state index in [1.54, 1.807) is 35.2 Å². The van der Waals surface area contributed by atoms with E-state index in [0.717, 1.165) is 18.6 Å². The van der Waals surface area contributed by atoms with E-state index in [9.17, 15) is 23.1 Å². The average Bonchev–Trinajstić information content (AvgIpc) is 2.73. The third-order valence-corrected chi connectivity index (χ3v) is 5.51. The summed E-state index contributed by atoms with van der Waals surface area (Å²) in [6.07, 6.45) is -2.84. The molecular weight excluding hydrogens is 411 g/mol. The van der Waals surface area contributed by atoms with Gasteiger partial charge in [-0.3, -0.25) is 4.79 Å². The minimum absolute atomic E-state index is 0.0328. The van der Waals surface area contributed by atoms with Crippen LogP contribution in [0.3, 0.4) is 0 Å². The predicted octanol–water partition coefficient (Wildman–Crippen LogP) is 4.28. The van der Waals surface area contributed by atoms with Crippen molar-refractivity contribution in [1.82, 2.24) is 14.9 Å². The van der Waals surface area contributed by atoms with Gasteiger partial charge in [0, 0.05) is 24.2 Å². The van der Waals surface area contributed by atoms with Gasteiger partial charge in [0.15, 0.2) is 0 Å². The first-order valence-corrected chi connectivity index (χ1v) is 9.84. The summed E-state index contributed by atoms with van der Waals surface area (Å²) in [5, 5.41) is 10.2. The van der Waals surface area contributed by atoms with Gasteiger partial charge in [-0.05, 0) is 42.7 Å². The molecule has 4 rings (SSSR count). The fraction of sp³-hybridized carbons (Fsp3) is 0.318. The number of hydrogen-bond acceptors (Lipinski definition) is 5. The number of aliphatic hydroxyl groups excluding tert-OH is 1. The quantitative estimate of drug-likeness (QED) is 0.653. The van der Waals surface area contributed by atoms with E-state index in [-0.39, 0.29) is 24.4 Å². The molecule has 1 aromatic carbocycles. The number of pyridine rings is 2. The molecule has 1 saturated heterocycles. The molecule has 1 aliphatic rings. The fourth-order valence-corrected chi connectivity index (χ4v) is 3.67. The normalized spacial score (nSPS) is 18.7. The molecule has 0 saturated carbocycles. The van der Waals surface area contributed by atoms with E-state index in [1.165, 1.54) is 0 Å². The molecule has 0 spiro atoms. The second kappa shape index (κ2) is 8.14. The number of aliphatic hydroxyl groups is 1. The molecule has 0 radical (unpaired) electrons. The number of amides is 1. The number of likely N-dealkylation sites (tertiary alicyclic amines) is 1. The molecule has 3 heterocycles. The molecule has 0 bridgehead atoms. The Bertz CT molecular complexity index is 1100. The van der Waals surface area contributed by atoms with Gasteiger partial charge >= 0.3 is 6.18 Å². The zero-order chi connectivity index (χ0) is 22.2. The smallest absolute Gasteiger partial charge is 0.417 e. The van der Waals surface area contributed by atoms with Crippen LogP contribution in [-0.2, 0) is 6.18 Å². The summed E-state index contributed by atoms with van der Waals surface area (Å²) < 4.78 is 43.5. The molecule has 6 nitrogen and oxygen atoms in total. The average molecular weight is 431 g/mol. The summed E-state index contributed by atoms with van der Waals surface area (Å²) in [4.78, 5) is 22.5. The highest BCUT2D eigenvalue weighted by Crippen LogP contribution is 2.31. The van der Waals surface area contributed by atoms with Crippen LogP contribution in [0.25, 0.3) is 10.9 Å². The van der Waals surface area contributed by atoms with Crippen molar-refractivity contribution in [1.29, 1.82) is 0 Å². The van der Waals surface area contributed by atoms with Gasteiger partial charge < -0.3 is 14.7 Å².